The molecule has 3 heterocycles. The molecule has 154 valence electrons. The summed E-state index contributed by atoms with van der Waals surface area (Å²) in [6.45, 7) is 2.40. The molecule has 0 fully saturated rings. The highest BCUT2D eigenvalue weighted by Gasteiger charge is 2.15. The molecule has 0 aliphatic carbocycles. The van der Waals surface area contributed by atoms with Crippen LogP contribution in [0.1, 0.15) is 28.0 Å². The van der Waals surface area contributed by atoms with Gasteiger partial charge in [-0.3, -0.25) is 24.0 Å². The monoisotopic (exact) mass is 405 g/mol. The van der Waals surface area contributed by atoms with Crippen molar-refractivity contribution in [2.45, 2.75) is 13.0 Å². The van der Waals surface area contributed by atoms with Crippen LogP contribution in [0.15, 0.2) is 52.2 Å². The Balaban J connectivity index is 1.47. The second kappa shape index (κ2) is 8.08. The van der Waals surface area contributed by atoms with E-state index >= 15 is 0 Å². The van der Waals surface area contributed by atoms with Crippen molar-refractivity contribution in [1.29, 1.82) is 0 Å². The summed E-state index contributed by atoms with van der Waals surface area (Å²) in [6, 6.07) is 9.25. The van der Waals surface area contributed by atoms with Gasteiger partial charge in [-0.25, -0.2) is 4.79 Å². The first-order valence-electron chi connectivity index (χ1n) is 9.78. The van der Waals surface area contributed by atoms with E-state index in [9.17, 15) is 14.4 Å². The van der Waals surface area contributed by atoms with Crippen LogP contribution in [0.3, 0.4) is 0 Å². The van der Waals surface area contributed by atoms with Gasteiger partial charge < -0.3 is 10.3 Å². The molecule has 8 heteroatoms. The Morgan fingerprint density at radius 1 is 1.23 bits per heavy atom. The minimum absolute atomic E-state index is 0.195. The van der Waals surface area contributed by atoms with Crippen LogP contribution in [0.4, 0.5) is 0 Å². The minimum Gasteiger partial charge on any atom is -0.354 e. The Hall–Kier alpha value is -3.52. The van der Waals surface area contributed by atoms with Crippen molar-refractivity contribution in [3.8, 4) is 0 Å². The highest BCUT2D eigenvalue weighted by Crippen LogP contribution is 2.23. The summed E-state index contributed by atoms with van der Waals surface area (Å²) in [5.74, 6) is -0.195. The van der Waals surface area contributed by atoms with Crippen molar-refractivity contribution in [2.24, 2.45) is 7.05 Å². The van der Waals surface area contributed by atoms with Gasteiger partial charge in [0.15, 0.2) is 0 Å². The molecule has 0 atom stereocenters. The lowest BCUT2D eigenvalue weighted by atomic mass is 10.0. The number of hydrogen-bond acceptors (Lipinski definition) is 5. The van der Waals surface area contributed by atoms with E-state index in [0.717, 1.165) is 41.7 Å². The van der Waals surface area contributed by atoms with Crippen molar-refractivity contribution in [3.05, 3.63) is 80.3 Å². The maximum Gasteiger partial charge on any atom is 0.328 e. The van der Waals surface area contributed by atoms with Gasteiger partial charge in [0.2, 0.25) is 0 Å². The Kier molecular flexibility index (Phi) is 5.33. The number of rotatable bonds is 4. The highest BCUT2D eigenvalue weighted by molar-refractivity contribution is 5.92. The van der Waals surface area contributed by atoms with E-state index in [-0.39, 0.29) is 11.5 Å². The Morgan fingerprint density at radius 2 is 2.07 bits per heavy atom. The Bertz CT molecular complexity index is 1250. The molecule has 0 saturated carbocycles. The number of carbonyl (C=O) groups is 1. The molecule has 0 bridgehead atoms. The molecule has 8 nitrogen and oxygen atoms in total. The van der Waals surface area contributed by atoms with E-state index in [1.165, 1.54) is 12.6 Å². The molecule has 2 N–H and O–H groups in total. The van der Waals surface area contributed by atoms with Crippen LogP contribution in [-0.2, 0) is 13.6 Å². The molecular weight excluding hydrogens is 382 g/mol. The lowest BCUT2D eigenvalue weighted by Crippen LogP contribution is -2.32. The minimum atomic E-state index is -0.411. The van der Waals surface area contributed by atoms with Crippen molar-refractivity contribution >= 4 is 22.4 Å². The first-order chi connectivity index (χ1) is 14.5. The number of amides is 1. The molecule has 1 aliphatic rings. The lowest BCUT2D eigenvalue weighted by Gasteiger charge is -2.26. The fourth-order valence-electron chi connectivity index (χ4n) is 3.67. The van der Waals surface area contributed by atoms with Gasteiger partial charge in [0, 0.05) is 39.9 Å². The van der Waals surface area contributed by atoms with Crippen LogP contribution in [0, 0.1) is 0 Å². The van der Waals surface area contributed by atoms with Crippen LogP contribution in [0.25, 0.3) is 16.5 Å². The smallest absolute Gasteiger partial charge is 0.328 e. The van der Waals surface area contributed by atoms with E-state index in [4.69, 9.17) is 0 Å². The summed E-state index contributed by atoms with van der Waals surface area (Å²) < 4.78 is 1.08. The summed E-state index contributed by atoms with van der Waals surface area (Å²) in [4.78, 5) is 45.0. The number of H-pyrrole nitrogens is 1. The number of hydrogen-bond donors (Lipinski definition) is 2. The van der Waals surface area contributed by atoms with Crippen LogP contribution in [0.2, 0.25) is 0 Å². The second-order valence-electron chi connectivity index (χ2n) is 7.40. The molecule has 4 rings (SSSR count). The molecule has 1 aliphatic heterocycles. The first kappa shape index (κ1) is 19.8. The summed E-state index contributed by atoms with van der Waals surface area (Å²) in [5, 5.41) is 3.08. The standard InChI is InChI=1S/C22H23N5O3/c1-23-20(28)18-6-4-16(12-24-18)15-7-9-27(10-8-15)13-14-3-5-17-19(11-14)25-22(30)26(2)21(17)29/h3-7,11-12H,8-10,13H2,1-2H3,(H,23,28)(H,25,30). The third-order valence-electron chi connectivity index (χ3n) is 5.46. The molecular formula is C22H23N5O3. The number of fused-ring (bicyclic) bond motifs is 1. The molecule has 1 amide bonds. The van der Waals surface area contributed by atoms with Gasteiger partial charge in [-0.15, -0.1) is 0 Å². The van der Waals surface area contributed by atoms with Gasteiger partial charge in [0.05, 0.1) is 10.9 Å². The predicted molar refractivity (Wildman–Crippen MR) is 115 cm³/mol. The number of aromatic nitrogens is 3. The van der Waals surface area contributed by atoms with Crippen molar-refractivity contribution in [1.82, 2.24) is 24.8 Å². The average Bonchev–Trinajstić information content (AvgIpc) is 2.77. The first-order valence-corrected chi connectivity index (χ1v) is 9.78. The van der Waals surface area contributed by atoms with Crippen LogP contribution >= 0.6 is 0 Å². The predicted octanol–water partition coefficient (Wildman–Crippen LogP) is 1.27. The highest BCUT2D eigenvalue weighted by atomic mass is 16.2. The van der Waals surface area contributed by atoms with Crippen molar-refractivity contribution in [3.63, 3.8) is 0 Å². The normalized spacial score (nSPS) is 14.5. The van der Waals surface area contributed by atoms with E-state index in [1.54, 1.807) is 25.4 Å². The zero-order valence-electron chi connectivity index (χ0n) is 16.9. The largest absolute Gasteiger partial charge is 0.354 e. The van der Waals surface area contributed by atoms with Gasteiger partial charge in [-0.1, -0.05) is 18.2 Å². The lowest BCUT2D eigenvalue weighted by molar-refractivity contribution is 0.0958. The third-order valence-corrected chi connectivity index (χ3v) is 5.46. The molecule has 30 heavy (non-hydrogen) atoms. The van der Waals surface area contributed by atoms with Crippen LogP contribution in [-0.4, -0.2) is 45.5 Å². The molecule has 0 radical (unpaired) electrons. The molecule has 2 aromatic heterocycles. The maximum absolute atomic E-state index is 12.2. The quantitative estimate of drug-likeness (QED) is 0.681. The van der Waals surface area contributed by atoms with E-state index in [0.29, 0.717) is 16.6 Å². The van der Waals surface area contributed by atoms with Crippen LogP contribution < -0.4 is 16.6 Å². The van der Waals surface area contributed by atoms with Crippen molar-refractivity contribution in [2.75, 3.05) is 20.1 Å². The number of nitrogens with zero attached hydrogens (tertiary/aromatic N) is 3. The zero-order valence-corrected chi connectivity index (χ0v) is 16.9. The van der Waals surface area contributed by atoms with Crippen molar-refractivity contribution < 1.29 is 4.79 Å². The zero-order chi connectivity index (χ0) is 21.3. The maximum atomic E-state index is 12.2. The number of nitrogens with one attached hydrogen (secondary N) is 2. The van der Waals surface area contributed by atoms with Crippen LogP contribution in [0.5, 0.6) is 0 Å². The van der Waals surface area contributed by atoms with Gasteiger partial charge in [-0.2, -0.15) is 0 Å². The summed E-state index contributed by atoms with van der Waals surface area (Å²) in [5.41, 5.74) is 3.56. The second-order valence-corrected chi connectivity index (χ2v) is 7.40. The van der Waals surface area contributed by atoms with E-state index < -0.39 is 5.69 Å². The summed E-state index contributed by atoms with van der Waals surface area (Å²) >= 11 is 0. The molecule has 0 unspecified atom stereocenters. The van der Waals surface area contributed by atoms with E-state index in [1.807, 2.05) is 18.2 Å². The molecule has 0 saturated heterocycles. The Morgan fingerprint density at radius 3 is 2.73 bits per heavy atom. The fraction of sp³-hybridized carbons (Fsp3) is 0.273. The Labute approximate surface area is 172 Å². The van der Waals surface area contributed by atoms with E-state index in [2.05, 4.69) is 26.3 Å². The topological polar surface area (TPSA) is 100 Å². The third kappa shape index (κ3) is 3.81. The van der Waals surface area contributed by atoms with Gasteiger partial charge in [0.1, 0.15) is 5.69 Å². The molecule has 3 aromatic rings. The molecule has 0 spiro atoms. The average molecular weight is 405 g/mol. The van der Waals surface area contributed by atoms with Gasteiger partial charge >= 0.3 is 5.69 Å². The SMILES string of the molecule is CNC(=O)c1ccc(C2=CCN(Cc3ccc4c(=O)n(C)c(=O)[nH]c4c3)CC2)cn1. The number of aromatic amines is 1. The number of pyridine rings is 1. The molecule has 1 aromatic carbocycles. The summed E-state index contributed by atoms with van der Waals surface area (Å²) in [6.07, 6.45) is 4.80. The van der Waals surface area contributed by atoms with Gasteiger partial charge in [-0.05, 0) is 41.3 Å². The fourth-order valence-corrected chi connectivity index (χ4v) is 3.67. The van der Waals surface area contributed by atoms with Gasteiger partial charge in [0.25, 0.3) is 11.5 Å². The summed E-state index contributed by atoms with van der Waals surface area (Å²) in [7, 11) is 3.05. The number of benzene rings is 1. The number of carbonyl (C=O) groups excluding carboxylic acids is 1.